The first kappa shape index (κ1) is 16.8. The molecule has 3 rings (SSSR count). The summed E-state index contributed by atoms with van der Waals surface area (Å²) in [6.07, 6.45) is 0.0885. The van der Waals surface area contributed by atoms with E-state index in [1.165, 1.54) is 6.07 Å². The Bertz CT molecular complexity index is 836. The van der Waals surface area contributed by atoms with Gasteiger partial charge >= 0.3 is 0 Å². The molecule has 0 bridgehead atoms. The Morgan fingerprint density at radius 1 is 1.12 bits per heavy atom. The van der Waals surface area contributed by atoms with Gasteiger partial charge in [-0.1, -0.05) is 35.3 Å². The first-order chi connectivity index (χ1) is 11.4. The lowest BCUT2D eigenvalue weighted by Crippen LogP contribution is -2.35. The van der Waals surface area contributed by atoms with Gasteiger partial charge in [-0.05, 0) is 49.2 Å². The second-order valence-corrected chi connectivity index (χ2v) is 6.66. The van der Waals surface area contributed by atoms with Crippen molar-refractivity contribution in [3.05, 3.63) is 57.6 Å². The smallest absolute Gasteiger partial charge is 0.256 e. The summed E-state index contributed by atoms with van der Waals surface area (Å²) in [6.45, 7) is 3.98. The fourth-order valence-corrected chi connectivity index (χ4v) is 3.25. The van der Waals surface area contributed by atoms with E-state index >= 15 is 0 Å². The minimum Gasteiger partial charge on any atom is -0.373 e. The van der Waals surface area contributed by atoms with E-state index in [1.54, 1.807) is 12.1 Å². The molecule has 2 aromatic carbocycles. The van der Waals surface area contributed by atoms with Crippen LogP contribution < -0.4 is 10.2 Å². The number of carbonyl (C=O) groups is 2. The third kappa shape index (κ3) is 2.99. The van der Waals surface area contributed by atoms with E-state index in [2.05, 4.69) is 5.32 Å². The molecule has 1 saturated heterocycles. The van der Waals surface area contributed by atoms with Crippen LogP contribution in [-0.2, 0) is 9.59 Å². The van der Waals surface area contributed by atoms with E-state index in [9.17, 15) is 9.59 Å². The molecule has 2 aromatic rings. The molecule has 0 radical (unpaired) electrons. The van der Waals surface area contributed by atoms with Crippen molar-refractivity contribution in [1.29, 1.82) is 0 Å². The van der Waals surface area contributed by atoms with Crippen molar-refractivity contribution in [3.63, 3.8) is 0 Å². The van der Waals surface area contributed by atoms with Crippen molar-refractivity contribution in [2.24, 2.45) is 0 Å². The van der Waals surface area contributed by atoms with E-state index in [-0.39, 0.29) is 23.3 Å². The van der Waals surface area contributed by atoms with Crippen molar-refractivity contribution >= 4 is 46.4 Å². The van der Waals surface area contributed by atoms with Gasteiger partial charge in [-0.15, -0.1) is 0 Å². The summed E-state index contributed by atoms with van der Waals surface area (Å²) in [5, 5.41) is 3.91. The van der Waals surface area contributed by atoms with Crippen LogP contribution in [0.15, 0.2) is 36.4 Å². The van der Waals surface area contributed by atoms with Gasteiger partial charge in [0.05, 0.1) is 17.1 Å². The molecule has 24 heavy (non-hydrogen) atoms. The summed E-state index contributed by atoms with van der Waals surface area (Å²) >= 11 is 12.0. The third-order valence-electron chi connectivity index (χ3n) is 4.23. The molecule has 0 unspecified atom stereocenters. The Kier molecular flexibility index (Phi) is 4.52. The highest BCUT2D eigenvalue weighted by Crippen LogP contribution is 2.33. The van der Waals surface area contributed by atoms with E-state index < -0.39 is 6.04 Å². The van der Waals surface area contributed by atoms with Crippen molar-refractivity contribution < 1.29 is 9.59 Å². The number of carbonyl (C=O) groups excluding carboxylic acids is 2. The minimum atomic E-state index is -0.607. The molecule has 0 saturated carbocycles. The monoisotopic (exact) mass is 362 g/mol. The van der Waals surface area contributed by atoms with Crippen molar-refractivity contribution in [2.75, 3.05) is 10.2 Å². The third-order valence-corrected chi connectivity index (χ3v) is 4.77. The van der Waals surface area contributed by atoms with Gasteiger partial charge < -0.3 is 5.32 Å². The Morgan fingerprint density at radius 2 is 1.88 bits per heavy atom. The second kappa shape index (κ2) is 6.46. The zero-order valence-corrected chi connectivity index (χ0v) is 14.8. The van der Waals surface area contributed by atoms with Crippen molar-refractivity contribution in [3.8, 4) is 0 Å². The molecule has 1 heterocycles. The number of amides is 2. The number of benzene rings is 2. The van der Waals surface area contributed by atoms with Crippen LogP contribution in [0.2, 0.25) is 10.0 Å². The molecule has 0 aromatic heterocycles. The molecule has 2 amide bonds. The van der Waals surface area contributed by atoms with Gasteiger partial charge in [-0.2, -0.15) is 0 Å². The lowest BCUT2D eigenvalue weighted by atomic mass is 10.1. The summed E-state index contributed by atoms with van der Waals surface area (Å²) in [5.41, 5.74) is 3.39. The average molecular weight is 363 g/mol. The zero-order valence-electron chi connectivity index (χ0n) is 13.3. The van der Waals surface area contributed by atoms with Crippen LogP contribution in [0.4, 0.5) is 11.4 Å². The number of aryl methyl sites for hydroxylation is 1. The highest BCUT2D eigenvalue weighted by atomic mass is 35.5. The summed E-state index contributed by atoms with van der Waals surface area (Å²) in [5.74, 6) is -0.600. The molecular formula is C18H16Cl2N2O2. The molecule has 1 atom stereocenters. The van der Waals surface area contributed by atoms with Gasteiger partial charge in [-0.3, -0.25) is 9.59 Å². The summed E-state index contributed by atoms with van der Waals surface area (Å²) in [7, 11) is 0. The summed E-state index contributed by atoms with van der Waals surface area (Å²) in [4.78, 5) is 26.2. The Hall–Kier alpha value is -2.04. The van der Waals surface area contributed by atoms with Gasteiger partial charge in [0.2, 0.25) is 5.91 Å². The van der Waals surface area contributed by atoms with Gasteiger partial charge in [0, 0.05) is 10.7 Å². The van der Waals surface area contributed by atoms with Crippen LogP contribution >= 0.6 is 23.2 Å². The molecule has 0 aliphatic carbocycles. The fraction of sp³-hybridized carbons (Fsp3) is 0.222. The molecule has 1 fully saturated rings. The van der Waals surface area contributed by atoms with Crippen LogP contribution in [0.1, 0.15) is 17.5 Å². The lowest BCUT2D eigenvalue weighted by molar-refractivity contribution is -0.121. The maximum Gasteiger partial charge on any atom is 0.256 e. The van der Waals surface area contributed by atoms with E-state index in [0.717, 1.165) is 21.7 Å². The molecular weight excluding hydrogens is 347 g/mol. The van der Waals surface area contributed by atoms with Crippen LogP contribution in [0.3, 0.4) is 0 Å². The van der Waals surface area contributed by atoms with Crippen LogP contribution in [0.5, 0.6) is 0 Å². The van der Waals surface area contributed by atoms with Crippen molar-refractivity contribution in [2.45, 2.75) is 26.3 Å². The quantitative estimate of drug-likeness (QED) is 0.825. The van der Waals surface area contributed by atoms with E-state index in [1.807, 2.05) is 32.0 Å². The first-order valence-electron chi connectivity index (χ1n) is 7.53. The van der Waals surface area contributed by atoms with Gasteiger partial charge in [0.1, 0.15) is 6.04 Å². The lowest BCUT2D eigenvalue weighted by Gasteiger charge is -2.18. The predicted molar refractivity (Wildman–Crippen MR) is 96.9 cm³/mol. The normalized spacial score (nSPS) is 17.5. The SMILES string of the molecule is Cc1cccc(N[C@@H]2CC(=O)N(c3ccc(Cl)cc3Cl)C2=O)c1C. The fourth-order valence-electron chi connectivity index (χ4n) is 2.76. The highest BCUT2D eigenvalue weighted by Gasteiger charge is 2.40. The van der Waals surface area contributed by atoms with E-state index in [4.69, 9.17) is 23.2 Å². The van der Waals surface area contributed by atoms with Gasteiger partial charge in [0.25, 0.3) is 5.91 Å². The maximum atomic E-state index is 12.7. The van der Waals surface area contributed by atoms with Crippen LogP contribution in [0, 0.1) is 13.8 Å². The number of nitrogens with zero attached hydrogens (tertiary/aromatic N) is 1. The topological polar surface area (TPSA) is 49.4 Å². The van der Waals surface area contributed by atoms with E-state index in [0.29, 0.717) is 10.7 Å². The number of nitrogens with one attached hydrogen (secondary N) is 1. The molecule has 1 N–H and O–H groups in total. The van der Waals surface area contributed by atoms with Gasteiger partial charge in [-0.25, -0.2) is 4.90 Å². The molecule has 0 spiro atoms. The Morgan fingerprint density at radius 3 is 2.58 bits per heavy atom. The average Bonchev–Trinajstić information content (AvgIpc) is 2.79. The molecule has 6 heteroatoms. The molecule has 4 nitrogen and oxygen atoms in total. The number of anilines is 2. The first-order valence-corrected chi connectivity index (χ1v) is 8.28. The molecule has 1 aliphatic rings. The van der Waals surface area contributed by atoms with Gasteiger partial charge in [0.15, 0.2) is 0 Å². The number of halogens is 2. The maximum absolute atomic E-state index is 12.7. The van der Waals surface area contributed by atoms with Crippen LogP contribution in [0.25, 0.3) is 0 Å². The zero-order chi connectivity index (χ0) is 17.4. The second-order valence-electron chi connectivity index (χ2n) is 5.81. The number of imide groups is 1. The predicted octanol–water partition coefficient (Wildman–Crippen LogP) is 4.35. The number of hydrogen-bond acceptors (Lipinski definition) is 3. The standard InChI is InChI=1S/C18H16Cl2N2O2/c1-10-4-3-5-14(11(10)2)21-15-9-17(23)22(18(15)24)16-7-6-12(19)8-13(16)20/h3-8,15,21H,9H2,1-2H3/t15-/m1/s1. The Balaban J connectivity index is 1.88. The van der Waals surface area contributed by atoms with Crippen LogP contribution in [-0.4, -0.2) is 17.9 Å². The number of rotatable bonds is 3. The summed E-state index contributed by atoms with van der Waals surface area (Å²) < 4.78 is 0. The van der Waals surface area contributed by atoms with Crippen molar-refractivity contribution in [1.82, 2.24) is 0 Å². The molecule has 124 valence electrons. The minimum absolute atomic E-state index is 0.0885. The largest absolute Gasteiger partial charge is 0.373 e. The highest BCUT2D eigenvalue weighted by molar-refractivity contribution is 6.38. The molecule has 1 aliphatic heterocycles. The Labute approximate surface area is 150 Å². The summed E-state index contributed by atoms with van der Waals surface area (Å²) in [6, 6.07) is 9.92. The number of hydrogen-bond donors (Lipinski definition) is 1.